The summed E-state index contributed by atoms with van der Waals surface area (Å²) in [7, 11) is 0. The minimum absolute atomic E-state index is 0.0918. The second-order valence-corrected chi connectivity index (χ2v) is 3.20. The van der Waals surface area contributed by atoms with Crippen molar-refractivity contribution in [2.24, 2.45) is 0 Å². The van der Waals surface area contributed by atoms with Crippen LogP contribution in [0.15, 0.2) is 18.2 Å². The predicted octanol–water partition coefficient (Wildman–Crippen LogP) is 3.15. The number of thiol groups is 1. The molecule has 0 aliphatic carbocycles. The van der Waals surface area contributed by atoms with Gasteiger partial charge in [0.2, 0.25) is 0 Å². The van der Waals surface area contributed by atoms with Crippen molar-refractivity contribution in [3.05, 3.63) is 34.6 Å². The van der Waals surface area contributed by atoms with Gasteiger partial charge in [-0.15, -0.1) is 0 Å². The highest BCUT2D eigenvalue weighted by molar-refractivity contribution is 7.80. The molecule has 1 aromatic carbocycles. The summed E-state index contributed by atoms with van der Waals surface area (Å²) in [6, 6.07) is 4.59. The second-order valence-electron chi connectivity index (χ2n) is 2.38. The molecule has 0 radical (unpaired) electrons. The fourth-order valence-electron chi connectivity index (χ4n) is 0.814. The van der Waals surface area contributed by atoms with E-state index in [0.717, 1.165) is 0 Å². The Labute approximate surface area is 87.5 Å². The Morgan fingerprint density at radius 2 is 2.23 bits per heavy atom. The maximum Gasteiger partial charge on any atom is 0.143 e. The molecular weight excluding hydrogens is 207 g/mol. The monoisotopic (exact) mass is 214 g/mol. The topological polar surface area (TPSA) is 0 Å². The lowest BCUT2D eigenvalue weighted by molar-refractivity contribution is 0.628. The normalized spacial score (nSPS) is 9.15. The van der Waals surface area contributed by atoms with E-state index in [1.807, 2.05) is 0 Å². The van der Waals surface area contributed by atoms with Gasteiger partial charge in [-0.3, -0.25) is 0 Å². The van der Waals surface area contributed by atoms with E-state index < -0.39 is 5.82 Å². The average molecular weight is 215 g/mol. The molecule has 0 heterocycles. The van der Waals surface area contributed by atoms with Crippen LogP contribution in [-0.4, -0.2) is 5.75 Å². The minimum atomic E-state index is -0.431. The van der Waals surface area contributed by atoms with Crippen LogP contribution in [0.3, 0.4) is 0 Å². The zero-order valence-electron chi connectivity index (χ0n) is 6.85. The number of halogens is 2. The Morgan fingerprint density at radius 3 is 2.92 bits per heavy atom. The molecule has 0 aliphatic rings. The highest BCUT2D eigenvalue weighted by Crippen LogP contribution is 2.18. The van der Waals surface area contributed by atoms with Crippen molar-refractivity contribution in [1.82, 2.24) is 0 Å². The van der Waals surface area contributed by atoms with Crippen LogP contribution in [0.25, 0.3) is 0 Å². The molecule has 68 valence electrons. The van der Waals surface area contributed by atoms with E-state index in [9.17, 15) is 4.39 Å². The highest BCUT2D eigenvalue weighted by Gasteiger charge is 2.01. The molecule has 3 heteroatoms. The summed E-state index contributed by atoms with van der Waals surface area (Å²) in [6.07, 6.45) is 0.677. The first-order chi connectivity index (χ1) is 6.25. The lowest BCUT2D eigenvalue weighted by Gasteiger charge is -1.95. The third-order valence-electron chi connectivity index (χ3n) is 1.41. The van der Waals surface area contributed by atoms with Gasteiger partial charge in [-0.05, 0) is 12.1 Å². The van der Waals surface area contributed by atoms with Gasteiger partial charge in [-0.25, -0.2) is 4.39 Å². The molecule has 0 unspecified atom stereocenters. The second kappa shape index (κ2) is 5.16. The van der Waals surface area contributed by atoms with Crippen molar-refractivity contribution in [2.75, 3.05) is 5.75 Å². The summed E-state index contributed by atoms with van der Waals surface area (Å²) in [5, 5.41) is 0.0918. The minimum Gasteiger partial charge on any atom is -0.205 e. The van der Waals surface area contributed by atoms with Gasteiger partial charge < -0.3 is 0 Å². The van der Waals surface area contributed by atoms with Crippen LogP contribution in [0.5, 0.6) is 0 Å². The zero-order valence-corrected chi connectivity index (χ0v) is 8.50. The number of hydrogen-bond donors (Lipinski definition) is 1. The van der Waals surface area contributed by atoms with Crippen molar-refractivity contribution in [2.45, 2.75) is 6.42 Å². The maximum atomic E-state index is 12.9. The number of hydrogen-bond acceptors (Lipinski definition) is 1. The van der Waals surface area contributed by atoms with E-state index in [4.69, 9.17) is 11.6 Å². The molecule has 0 aliphatic heterocycles. The number of rotatable bonds is 1. The van der Waals surface area contributed by atoms with Crippen LogP contribution >= 0.6 is 24.2 Å². The summed E-state index contributed by atoms with van der Waals surface area (Å²) in [5.41, 5.74) is 0.531. The zero-order chi connectivity index (χ0) is 9.68. The Hall–Kier alpha value is -0.650. The third kappa shape index (κ3) is 2.95. The van der Waals surface area contributed by atoms with Crippen LogP contribution in [0.4, 0.5) is 4.39 Å². The van der Waals surface area contributed by atoms with Crippen molar-refractivity contribution >= 4 is 24.2 Å². The first-order valence-corrected chi connectivity index (χ1v) is 4.80. The quantitative estimate of drug-likeness (QED) is 0.539. The van der Waals surface area contributed by atoms with Crippen molar-refractivity contribution < 1.29 is 4.39 Å². The predicted molar refractivity (Wildman–Crippen MR) is 56.8 cm³/mol. The summed E-state index contributed by atoms with van der Waals surface area (Å²) in [6.45, 7) is 0. The van der Waals surface area contributed by atoms with Gasteiger partial charge in [0, 0.05) is 17.7 Å². The third-order valence-corrected chi connectivity index (χ3v) is 2.02. The van der Waals surface area contributed by atoms with E-state index >= 15 is 0 Å². The Balaban J connectivity index is 2.91. The van der Waals surface area contributed by atoms with Gasteiger partial charge >= 0.3 is 0 Å². The fraction of sp³-hybridized carbons (Fsp3) is 0.200. The molecule has 0 amide bonds. The Bertz CT molecular complexity index is 352. The average Bonchev–Trinajstić information content (AvgIpc) is 2.13. The molecule has 0 fully saturated rings. The number of benzene rings is 1. The SMILES string of the molecule is Fc1cccc(C#CCCS)c1Cl. The summed E-state index contributed by atoms with van der Waals surface area (Å²) >= 11 is 9.68. The van der Waals surface area contributed by atoms with Gasteiger partial charge in [0.25, 0.3) is 0 Å². The molecule has 0 aromatic heterocycles. The van der Waals surface area contributed by atoms with E-state index in [1.165, 1.54) is 6.07 Å². The molecule has 0 saturated heterocycles. The fourth-order valence-corrected chi connectivity index (χ4v) is 1.10. The maximum absolute atomic E-state index is 12.9. The first kappa shape index (κ1) is 10.4. The molecule has 0 atom stereocenters. The largest absolute Gasteiger partial charge is 0.205 e. The molecule has 1 rings (SSSR count). The van der Waals surface area contributed by atoms with Gasteiger partial charge in [0.1, 0.15) is 5.82 Å². The highest BCUT2D eigenvalue weighted by atomic mass is 35.5. The van der Waals surface area contributed by atoms with Gasteiger partial charge in [-0.1, -0.05) is 29.5 Å². The molecule has 0 nitrogen and oxygen atoms in total. The molecule has 0 spiro atoms. The van der Waals surface area contributed by atoms with Gasteiger partial charge in [0.05, 0.1) is 5.02 Å². The van der Waals surface area contributed by atoms with Crippen molar-refractivity contribution in [3.63, 3.8) is 0 Å². The van der Waals surface area contributed by atoms with Crippen LogP contribution in [0.2, 0.25) is 5.02 Å². The van der Waals surface area contributed by atoms with Crippen molar-refractivity contribution in [3.8, 4) is 11.8 Å². The van der Waals surface area contributed by atoms with E-state index in [-0.39, 0.29) is 5.02 Å². The molecule has 0 saturated carbocycles. The summed E-state index contributed by atoms with van der Waals surface area (Å²) in [4.78, 5) is 0. The Morgan fingerprint density at radius 1 is 1.46 bits per heavy atom. The van der Waals surface area contributed by atoms with Gasteiger partial charge in [0.15, 0.2) is 0 Å². The van der Waals surface area contributed by atoms with E-state index in [0.29, 0.717) is 17.7 Å². The van der Waals surface area contributed by atoms with Crippen LogP contribution in [0.1, 0.15) is 12.0 Å². The van der Waals surface area contributed by atoms with Crippen LogP contribution < -0.4 is 0 Å². The van der Waals surface area contributed by atoms with E-state index in [2.05, 4.69) is 24.5 Å². The molecule has 0 bridgehead atoms. The molecular formula is C10H8ClFS. The van der Waals surface area contributed by atoms with Crippen LogP contribution in [-0.2, 0) is 0 Å². The summed E-state index contributed by atoms with van der Waals surface area (Å²) in [5.74, 6) is 5.89. The Kier molecular flexibility index (Phi) is 4.14. The van der Waals surface area contributed by atoms with Crippen molar-refractivity contribution in [1.29, 1.82) is 0 Å². The smallest absolute Gasteiger partial charge is 0.143 e. The van der Waals surface area contributed by atoms with E-state index in [1.54, 1.807) is 12.1 Å². The summed E-state index contributed by atoms with van der Waals surface area (Å²) < 4.78 is 12.9. The standard InChI is InChI=1S/C10H8ClFS/c11-10-8(4-1-2-7-13)5-3-6-9(10)12/h3,5-6,13H,2,7H2. The first-order valence-electron chi connectivity index (χ1n) is 3.79. The molecule has 1 aromatic rings. The molecule has 0 N–H and O–H groups in total. The van der Waals surface area contributed by atoms with Crippen LogP contribution in [0, 0.1) is 17.7 Å². The lowest BCUT2D eigenvalue weighted by atomic mass is 10.2. The lowest BCUT2D eigenvalue weighted by Crippen LogP contribution is -1.81. The van der Waals surface area contributed by atoms with Gasteiger partial charge in [-0.2, -0.15) is 12.6 Å². The molecule has 13 heavy (non-hydrogen) atoms.